The maximum atomic E-state index is 8.63. The molecule has 0 aliphatic rings. The van der Waals surface area contributed by atoms with Crippen molar-refractivity contribution in [1.82, 2.24) is 9.97 Å². The van der Waals surface area contributed by atoms with Crippen LogP contribution in [0.3, 0.4) is 0 Å². The molecule has 5 nitrogen and oxygen atoms in total. The molecule has 3 N–H and O–H groups in total. The van der Waals surface area contributed by atoms with Crippen LogP contribution in [0.1, 0.15) is 13.3 Å². The van der Waals surface area contributed by atoms with E-state index < -0.39 is 0 Å². The number of aromatic nitrogens is 2. The Labute approximate surface area is 106 Å². The zero-order valence-electron chi connectivity index (χ0n) is 10.1. The number of nitrogens with zero attached hydrogens (tertiary/aromatic N) is 2. The van der Waals surface area contributed by atoms with Gasteiger partial charge in [0.25, 0.3) is 0 Å². The van der Waals surface area contributed by atoms with Gasteiger partial charge in [0.2, 0.25) is 5.95 Å². The largest absolute Gasteiger partial charge is 0.396 e. The summed E-state index contributed by atoms with van der Waals surface area (Å²) in [5, 5.41) is 14.9. The fourth-order valence-corrected chi connectivity index (χ4v) is 2.00. The zero-order valence-corrected chi connectivity index (χ0v) is 11.0. The second-order valence-electron chi connectivity index (χ2n) is 3.41. The molecule has 0 spiro atoms. The third-order valence-electron chi connectivity index (χ3n) is 1.99. The summed E-state index contributed by atoms with van der Waals surface area (Å²) >= 11 is 1.83. The van der Waals surface area contributed by atoms with E-state index in [0.717, 1.165) is 36.8 Å². The molecule has 1 aromatic rings. The molecule has 0 bridgehead atoms. The predicted molar refractivity (Wildman–Crippen MR) is 73.7 cm³/mol. The van der Waals surface area contributed by atoms with Crippen LogP contribution in [0.4, 0.5) is 11.8 Å². The van der Waals surface area contributed by atoms with Crippen LogP contribution < -0.4 is 10.6 Å². The van der Waals surface area contributed by atoms with Crippen molar-refractivity contribution in [2.24, 2.45) is 0 Å². The van der Waals surface area contributed by atoms with Crippen LogP contribution in [0.2, 0.25) is 0 Å². The Bertz CT molecular complexity index is 311. The first-order valence-electron chi connectivity index (χ1n) is 5.86. The molecule has 17 heavy (non-hydrogen) atoms. The Balaban J connectivity index is 2.19. The van der Waals surface area contributed by atoms with Crippen molar-refractivity contribution in [3.8, 4) is 0 Å². The molecule has 0 aliphatic carbocycles. The first kappa shape index (κ1) is 14.1. The molecule has 96 valence electrons. The molecule has 0 radical (unpaired) electrons. The SMILES string of the molecule is CCNc1nccc(NCCSCCCO)n1. The molecule has 1 heterocycles. The lowest BCUT2D eigenvalue weighted by Gasteiger charge is -2.07. The number of hydrogen-bond acceptors (Lipinski definition) is 6. The van der Waals surface area contributed by atoms with Crippen molar-refractivity contribution in [2.45, 2.75) is 13.3 Å². The fraction of sp³-hybridized carbons (Fsp3) is 0.636. The number of thioether (sulfide) groups is 1. The molecule has 6 heteroatoms. The average Bonchev–Trinajstić information content (AvgIpc) is 2.35. The fourth-order valence-electron chi connectivity index (χ4n) is 1.22. The summed E-state index contributed by atoms with van der Waals surface area (Å²) in [6.45, 7) is 3.98. The van der Waals surface area contributed by atoms with Crippen LogP contribution in [-0.4, -0.2) is 46.3 Å². The predicted octanol–water partition coefficient (Wildman–Crippen LogP) is 1.44. The number of nitrogens with one attached hydrogen (secondary N) is 2. The van der Waals surface area contributed by atoms with E-state index in [1.165, 1.54) is 0 Å². The monoisotopic (exact) mass is 256 g/mol. The minimum atomic E-state index is 0.276. The van der Waals surface area contributed by atoms with Gasteiger partial charge < -0.3 is 15.7 Å². The summed E-state index contributed by atoms with van der Waals surface area (Å²) < 4.78 is 0. The first-order chi connectivity index (χ1) is 8.36. The molecular formula is C11H20N4OS. The van der Waals surface area contributed by atoms with Gasteiger partial charge in [0, 0.05) is 31.6 Å². The molecule has 0 amide bonds. The van der Waals surface area contributed by atoms with Gasteiger partial charge in [0.1, 0.15) is 5.82 Å². The standard InChI is InChI=1S/C11H20N4OS/c1-2-12-11-14-5-4-10(15-11)13-6-9-17-8-3-7-16/h4-5,16H,2-3,6-9H2,1H3,(H2,12,13,14,15). The summed E-state index contributed by atoms with van der Waals surface area (Å²) in [4.78, 5) is 8.42. The normalized spacial score (nSPS) is 10.2. The molecule has 0 saturated carbocycles. The Hall–Kier alpha value is -1.01. The van der Waals surface area contributed by atoms with Gasteiger partial charge in [-0.25, -0.2) is 4.98 Å². The maximum Gasteiger partial charge on any atom is 0.224 e. The van der Waals surface area contributed by atoms with Gasteiger partial charge in [-0.1, -0.05) is 0 Å². The molecule has 0 atom stereocenters. The molecule has 0 saturated heterocycles. The number of aliphatic hydroxyl groups is 1. The third-order valence-corrected chi connectivity index (χ3v) is 3.06. The number of rotatable bonds is 9. The van der Waals surface area contributed by atoms with Crippen molar-refractivity contribution in [3.05, 3.63) is 12.3 Å². The lowest BCUT2D eigenvalue weighted by atomic mass is 10.5. The summed E-state index contributed by atoms with van der Waals surface area (Å²) in [7, 11) is 0. The van der Waals surface area contributed by atoms with Crippen molar-refractivity contribution in [2.75, 3.05) is 41.8 Å². The van der Waals surface area contributed by atoms with Crippen molar-refractivity contribution in [3.63, 3.8) is 0 Å². The number of anilines is 2. The zero-order chi connectivity index (χ0) is 12.3. The van der Waals surface area contributed by atoms with E-state index in [9.17, 15) is 0 Å². The highest BCUT2D eigenvalue weighted by Crippen LogP contribution is 2.06. The third kappa shape index (κ3) is 6.33. The van der Waals surface area contributed by atoms with Gasteiger partial charge in [0.05, 0.1) is 0 Å². The number of hydrogen-bond donors (Lipinski definition) is 3. The van der Waals surface area contributed by atoms with E-state index in [1.54, 1.807) is 6.20 Å². The average molecular weight is 256 g/mol. The van der Waals surface area contributed by atoms with Crippen LogP contribution in [-0.2, 0) is 0 Å². The smallest absolute Gasteiger partial charge is 0.224 e. The van der Waals surface area contributed by atoms with E-state index in [1.807, 2.05) is 24.8 Å². The molecule has 0 unspecified atom stereocenters. The Morgan fingerprint density at radius 3 is 3.00 bits per heavy atom. The summed E-state index contributed by atoms with van der Waals surface area (Å²) in [6.07, 6.45) is 2.61. The second kappa shape index (κ2) is 9.07. The van der Waals surface area contributed by atoms with Gasteiger partial charge in [-0.2, -0.15) is 16.7 Å². The van der Waals surface area contributed by atoms with Gasteiger partial charge in [0.15, 0.2) is 0 Å². The summed E-state index contributed by atoms with van der Waals surface area (Å²) in [6, 6.07) is 1.86. The lowest BCUT2D eigenvalue weighted by Crippen LogP contribution is -2.08. The van der Waals surface area contributed by atoms with Crippen molar-refractivity contribution < 1.29 is 5.11 Å². The van der Waals surface area contributed by atoms with E-state index in [0.29, 0.717) is 5.95 Å². The van der Waals surface area contributed by atoms with E-state index in [4.69, 9.17) is 5.11 Å². The quantitative estimate of drug-likeness (QED) is 0.581. The molecule has 1 aromatic heterocycles. The maximum absolute atomic E-state index is 8.63. The topological polar surface area (TPSA) is 70.1 Å². The van der Waals surface area contributed by atoms with Crippen LogP contribution in [0.5, 0.6) is 0 Å². The molecule has 1 rings (SSSR count). The molecule has 0 aromatic carbocycles. The minimum absolute atomic E-state index is 0.276. The highest BCUT2D eigenvalue weighted by molar-refractivity contribution is 7.99. The van der Waals surface area contributed by atoms with Crippen molar-refractivity contribution in [1.29, 1.82) is 0 Å². The van der Waals surface area contributed by atoms with Gasteiger partial charge in [-0.3, -0.25) is 0 Å². The van der Waals surface area contributed by atoms with Crippen LogP contribution in [0.15, 0.2) is 12.3 Å². The first-order valence-corrected chi connectivity index (χ1v) is 7.01. The van der Waals surface area contributed by atoms with Gasteiger partial charge in [-0.15, -0.1) is 0 Å². The summed E-state index contributed by atoms with van der Waals surface area (Å²) in [5.41, 5.74) is 0. The highest BCUT2D eigenvalue weighted by atomic mass is 32.2. The lowest BCUT2D eigenvalue weighted by molar-refractivity contribution is 0.296. The minimum Gasteiger partial charge on any atom is -0.396 e. The van der Waals surface area contributed by atoms with E-state index >= 15 is 0 Å². The van der Waals surface area contributed by atoms with Gasteiger partial charge >= 0.3 is 0 Å². The van der Waals surface area contributed by atoms with Gasteiger partial charge in [-0.05, 0) is 25.2 Å². The summed E-state index contributed by atoms with van der Waals surface area (Å²) in [5.74, 6) is 3.52. The Morgan fingerprint density at radius 2 is 2.24 bits per heavy atom. The Kier molecular flexibility index (Phi) is 7.49. The van der Waals surface area contributed by atoms with E-state index in [2.05, 4.69) is 20.6 Å². The van der Waals surface area contributed by atoms with E-state index in [-0.39, 0.29) is 6.61 Å². The van der Waals surface area contributed by atoms with Crippen LogP contribution in [0.25, 0.3) is 0 Å². The second-order valence-corrected chi connectivity index (χ2v) is 4.64. The van der Waals surface area contributed by atoms with Crippen LogP contribution >= 0.6 is 11.8 Å². The van der Waals surface area contributed by atoms with Crippen molar-refractivity contribution >= 4 is 23.5 Å². The highest BCUT2D eigenvalue weighted by Gasteiger charge is 1.97. The molecular weight excluding hydrogens is 236 g/mol. The molecule has 0 aliphatic heterocycles. The Morgan fingerprint density at radius 1 is 1.35 bits per heavy atom. The number of aliphatic hydroxyl groups excluding tert-OH is 1. The van der Waals surface area contributed by atoms with Crippen LogP contribution in [0, 0.1) is 0 Å². The molecule has 0 fully saturated rings.